The molecule has 0 spiro atoms. The molecule has 110 valence electrons. The summed E-state index contributed by atoms with van der Waals surface area (Å²) in [5, 5.41) is 0. The normalized spacial score (nSPS) is 26.9. The summed E-state index contributed by atoms with van der Waals surface area (Å²) in [5.41, 5.74) is 2.12. The first kappa shape index (κ1) is 15.2. The van der Waals surface area contributed by atoms with Gasteiger partial charge in [0, 0.05) is 11.8 Å². The highest BCUT2D eigenvalue weighted by Crippen LogP contribution is 2.24. The van der Waals surface area contributed by atoms with Crippen molar-refractivity contribution in [2.24, 2.45) is 5.41 Å². The third-order valence-electron chi connectivity index (χ3n) is 3.54. The molecule has 0 N–H and O–H groups in total. The van der Waals surface area contributed by atoms with Gasteiger partial charge in [0.05, 0.1) is 13.2 Å². The van der Waals surface area contributed by atoms with Crippen LogP contribution >= 0.6 is 0 Å². The van der Waals surface area contributed by atoms with E-state index in [9.17, 15) is 4.79 Å². The first-order chi connectivity index (χ1) is 9.46. The molecule has 0 aromatic carbocycles. The largest absolute Gasteiger partial charge is 0.348 e. The zero-order valence-electron chi connectivity index (χ0n) is 12.6. The molecule has 1 saturated carbocycles. The second-order valence-electron chi connectivity index (χ2n) is 6.39. The average molecular weight is 276 g/mol. The Morgan fingerprint density at radius 3 is 2.55 bits per heavy atom. The van der Waals surface area contributed by atoms with Gasteiger partial charge in [-0.2, -0.15) is 0 Å². The molecule has 2 fully saturated rings. The van der Waals surface area contributed by atoms with Gasteiger partial charge in [0.1, 0.15) is 0 Å². The molecule has 0 unspecified atom stereocenters. The fourth-order valence-electron chi connectivity index (χ4n) is 2.30. The Balaban J connectivity index is 1.86. The van der Waals surface area contributed by atoms with Crippen LogP contribution in [-0.4, -0.2) is 25.3 Å². The maximum atomic E-state index is 11.5. The fraction of sp³-hybridized carbons (Fsp3) is 0.588. The fourth-order valence-corrected chi connectivity index (χ4v) is 2.30. The third kappa shape index (κ3) is 4.43. The Hall–Kier alpha value is -1.19. The summed E-state index contributed by atoms with van der Waals surface area (Å²) in [7, 11) is 0. The molecule has 0 atom stereocenters. The van der Waals surface area contributed by atoms with E-state index in [0.717, 1.165) is 24.0 Å². The lowest BCUT2D eigenvalue weighted by Gasteiger charge is -2.33. The number of hydrogen-bond donors (Lipinski definition) is 0. The molecule has 2 aliphatic rings. The van der Waals surface area contributed by atoms with Crippen molar-refractivity contribution < 1.29 is 14.3 Å². The summed E-state index contributed by atoms with van der Waals surface area (Å²) in [6, 6.07) is 0. The lowest BCUT2D eigenvalue weighted by molar-refractivity contribution is -0.197. The highest BCUT2D eigenvalue weighted by molar-refractivity contribution is 5.97. The van der Waals surface area contributed by atoms with E-state index in [1.165, 1.54) is 0 Å². The van der Waals surface area contributed by atoms with Crippen molar-refractivity contribution >= 4 is 5.78 Å². The van der Waals surface area contributed by atoms with E-state index >= 15 is 0 Å². The van der Waals surface area contributed by atoms with Gasteiger partial charge in [0.25, 0.3) is 0 Å². The number of Topliss-reactive ketones (excluding diaryl/α,β-unsaturated/α-hetero) is 1. The van der Waals surface area contributed by atoms with Crippen LogP contribution in [0.5, 0.6) is 0 Å². The molecular formula is C17H24O3. The van der Waals surface area contributed by atoms with E-state index in [1.807, 2.05) is 31.2 Å². The number of carbonyl (C=O) groups is 1. The first-order valence-corrected chi connectivity index (χ1v) is 7.28. The molecule has 1 aliphatic heterocycles. The second-order valence-corrected chi connectivity index (χ2v) is 6.39. The molecule has 20 heavy (non-hydrogen) atoms. The second kappa shape index (κ2) is 6.51. The lowest BCUT2D eigenvalue weighted by Crippen LogP contribution is -2.36. The molecule has 0 aromatic heterocycles. The monoisotopic (exact) mass is 276 g/mol. The summed E-state index contributed by atoms with van der Waals surface area (Å²) in [6.07, 6.45) is 10.2. The number of ketones is 1. The van der Waals surface area contributed by atoms with Crippen LogP contribution in [0.15, 0.2) is 35.5 Å². The van der Waals surface area contributed by atoms with Crippen molar-refractivity contribution in [2.75, 3.05) is 13.2 Å². The van der Waals surface area contributed by atoms with Crippen molar-refractivity contribution in [1.82, 2.24) is 0 Å². The summed E-state index contributed by atoms with van der Waals surface area (Å²) in [5.74, 6) is 0.289. The van der Waals surface area contributed by atoms with Crippen LogP contribution in [0.25, 0.3) is 0 Å². The SMILES string of the molecule is CC(/C=C/C=C1\CCCC1=O)=C\C1OCC(C)(C)CO1. The molecule has 0 radical (unpaired) electrons. The van der Waals surface area contributed by atoms with E-state index in [1.54, 1.807) is 0 Å². The minimum absolute atomic E-state index is 0.0985. The number of rotatable bonds is 3. The van der Waals surface area contributed by atoms with E-state index in [2.05, 4.69) is 13.8 Å². The predicted molar refractivity (Wildman–Crippen MR) is 79.3 cm³/mol. The van der Waals surface area contributed by atoms with E-state index in [0.29, 0.717) is 19.6 Å². The highest BCUT2D eigenvalue weighted by atomic mass is 16.7. The predicted octanol–water partition coefficient (Wildman–Crippen LogP) is 3.57. The van der Waals surface area contributed by atoms with Gasteiger partial charge < -0.3 is 9.47 Å². The van der Waals surface area contributed by atoms with Crippen LogP contribution in [0.3, 0.4) is 0 Å². The van der Waals surface area contributed by atoms with Crippen molar-refractivity contribution in [3.63, 3.8) is 0 Å². The van der Waals surface area contributed by atoms with Crippen molar-refractivity contribution in [3.8, 4) is 0 Å². The molecule has 0 amide bonds. The molecule has 1 aliphatic carbocycles. The maximum absolute atomic E-state index is 11.5. The van der Waals surface area contributed by atoms with Crippen molar-refractivity contribution in [2.45, 2.75) is 46.3 Å². The molecule has 2 rings (SSSR count). The van der Waals surface area contributed by atoms with Crippen LogP contribution in [0, 0.1) is 5.41 Å². The topological polar surface area (TPSA) is 35.5 Å². The first-order valence-electron chi connectivity index (χ1n) is 7.28. The van der Waals surface area contributed by atoms with Gasteiger partial charge in [-0.3, -0.25) is 4.79 Å². The van der Waals surface area contributed by atoms with Gasteiger partial charge in [-0.1, -0.05) is 37.6 Å². The summed E-state index contributed by atoms with van der Waals surface area (Å²) >= 11 is 0. The van der Waals surface area contributed by atoms with Gasteiger partial charge in [0.15, 0.2) is 12.1 Å². The Morgan fingerprint density at radius 1 is 1.25 bits per heavy atom. The quantitative estimate of drug-likeness (QED) is 0.584. The van der Waals surface area contributed by atoms with Crippen LogP contribution in [0.2, 0.25) is 0 Å². The Morgan fingerprint density at radius 2 is 1.95 bits per heavy atom. The smallest absolute Gasteiger partial charge is 0.177 e. The van der Waals surface area contributed by atoms with Crippen LogP contribution in [-0.2, 0) is 14.3 Å². The third-order valence-corrected chi connectivity index (χ3v) is 3.54. The minimum Gasteiger partial charge on any atom is -0.348 e. The van der Waals surface area contributed by atoms with Crippen LogP contribution < -0.4 is 0 Å². The molecular weight excluding hydrogens is 252 g/mol. The highest BCUT2D eigenvalue weighted by Gasteiger charge is 2.27. The lowest BCUT2D eigenvalue weighted by atomic mass is 9.95. The maximum Gasteiger partial charge on any atom is 0.177 e. The summed E-state index contributed by atoms with van der Waals surface area (Å²) in [6.45, 7) is 7.69. The number of carbonyl (C=O) groups excluding carboxylic acids is 1. The number of allylic oxidation sites excluding steroid dienone is 5. The molecule has 3 nitrogen and oxygen atoms in total. The number of hydrogen-bond acceptors (Lipinski definition) is 3. The zero-order chi connectivity index (χ0) is 14.6. The van der Waals surface area contributed by atoms with Gasteiger partial charge in [-0.15, -0.1) is 0 Å². The van der Waals surface area contributed by atoms with Crippen LogP contribution in [0.1, 0.15) is 40.0 Å². The van der Waals surface area contributed by atoms with E-state index < -0.39 is 0 Å². The molecule has 3 heteroatoms. The average Bonchev–Trinajstić information content (AvgIpc) is 2.78. The summed E-state index contributed by atoms with van der Waals surface area (Å²) in [4.78, 5) is 11.5. The zero-order valence-corrected chi connectivity index (χ0v) is 12.6. The molecule has 1 heterocycles. The van der Waals surface area contributed by atoms with E-state index in [-0.39, 0.29) is 17.5 Å². The Bertz CT molecular complexity index is 445. The molecule has 0 bridgehead atoms. The van der Waals surface area contributed by atoms with Gasteiger partial charge in [-0.25, -0.2) is 0 Å². The van der Waals surface area contributed by atoms with Gasteiger partial charge in [0.2, 0.25) is 0 Å². The van der Waals surface area contributed by atoms with Gasteiger partial charge in [-0.05, 0) is 31.4 Å². The van der Waals surface area contributed by atoms with Crippen LogP contribution in [0.4, 0.5) is 0 Å². The minimum atomic E-state index is -0.256. The van der Waals surface area contributed by atoms with E-state index in [4.69, 9.17) is 9.47 Å². The molecule has 0 aromatic rings. The van der Waals surface area contributed by atoms with Gasteiger partial charge >= 0.3 is 0 Å². The van der Waals surface area contributed by atoms with Crippen molar-refractivity contribution in [1.29, 1.82) is 0 Å². The summed E-state index contributed by atoms with van der Waals surface area (Å²) < 4.78 is 11.3. The van der Waals surface area contributed by atoms with Crippen molar-refractivity contribution in [3.05, 3.63) is 35.5 Å². The molecule has 1 saturated heterocycles. The number of ether oxygens (including phenoxy) is 2. The standard InChI is InChI=1S/C17H24O3/c1-13(6-4-7-14-8-5-9-15(14)18)10-16-19-11-17(2,3)12-20-16/h4,6-7,10,16H,5,8-9,11-12H2,1-3H3/b6-4+,13-10+,14-7+. The Labute approximate surface area is 121 Å². The Kier molecular flexibility index (Phi) is 4.95.